The first kappa shape index (κ1) is 28.0. The highest BCUT2D eigenvalue weighted by Gasteiger charge is 2.53. The highest BCUT2D eigenvalue weighted by Crippen LogP contribution is 2.56. The van der Waals surface area contributed by atoms with E-state index in [0.717, 1.165) is 37.0 Å². The molecule has 5 N–H and O–H groups in total. The Morgan fingerprint density at radius 1 is 1.20 bits per heavy atom. The molecule has 9 nitrogen and oxygen atoms in total. The summed E-state index contributed by atoms with van der Waals surface area (Å²) < 4.78 is 0. The summed E-state index contributed by atoms with van der Waals surface area (Å²) in [6, 6.07) is 6.72. The minimum atomic E-state index is -1.26. The van der Waals surface area contributed by atoms with Crippen LogP contribution in [0.2, 0.25) is 0 Å². The molecular formula is C26H37N3O6. The number of hydrogen-bond acceptors (Lipinski definition) is 7. The smallest absolute Gasteiger partial charge is 0.328 e. The zero-order valence-electron chi connectivity index (χ0n) is 20.9. The maximum absolute atomic E-state index is 9.77. The number of hydrogen-bond donors (Lipinski definition) is 4. The number of carbonyl (C=O) groups is 2. The molecule has 0 aliphatic heterocycles. The van der Waals surface area contributed by atoms with Gasteiger partial charge in [0.1, 0.15) is 6.61 Å². The maximum atomic E-state index is 9.77. The number of oxime groups is 2. The Bertz CT molecular complexity index is 987. The summed E-state index contributed by atoms with van der Waals surface area (Å²) in [6.07, 6.45) is 7.17. The number of rotatable bonds is 7. The largest absolute Gasteiger partial charge is 0.478 e. The van der Waals surface area contributed by atoms with Gasteiger partial charge in [-0.1, -0.05) is 56.6 Å². The lowest BCUT2D eigenvalue weighted by Gasteiger charge is -2.54. The molecule has 1 aromatic rings. The van der Waals surface area contributed by atoms with Gasteiger partial charge in [0.05, 0.1) is 5.71 Å². The molecule has 0 aromatic heterocycles. The average molecular weight is 488 g/mol. The Labute approximate surface area is 206 Å². The molecule has 192 valence electrons. The predicted molar refractivity (Wildman–Crippen MR) is 134 cm³/mol. The van der Waals surface area contributed by atoms with E-state index in [1.165, 1.54) is 11.1 Å². The molecule has 0 radical (unpaired) electrons. The lowest BCUT2D eigenvalue weighted by Crippen LogP contribution is -2.51. The first-order valence-corrected chi connectivity index (χ1v) is 11.8. The van der Waals surface area contributed by atoms with Crippen molar-refractivity contribution in [1.29, 1.82) is 0 Å². The summed E-state index contributed by atoms with van der Waals surface area (Å²) >= 11 is 0. The normalized spacial score (nSPS) is 26.8. The number of fused-ring (bicyclic) bond motifs is 3. The van der Waals surface area contributed by atoms with Gasteiger partial charge in [0.2, 0.25) is 0 Å². The minimum absolute atomic E-state index is 0.0337. The van der Waals surface area contributed by atoms with Crippen molar-refractivity contribution in [3.63, 3.8) is 0 Å². The maximum Gasteiger partial charge on any atom is 0.328 e. The van der Waals surface area contributed by atoms with Gasteiger partial charge in [-0.05, 0) is 53.7 Å². The van der Waals surface area contributed by atoms with Gasteiger partial charge >= 0.3 is 11.9 Å². The van der Waals surface area contributed by atoms with Crippen molar-refractivity contribution >= 4 is 23.9 Å². The van der Waals surface area contributed by atoms with E-state index in [1.807, 2.05) is 6.21 Å². The Balaban J connectivity index is 0.000000466. The number of nitrogens with two attached hydrogens (primary N) is 1. The highest BCUT2D eigenvalue weighted by molar-refractivity contribution is 6.03. The molecular weight excluding hydrogens is 450 g/mol. The molecule has 2 aliphatic rings. The number of aliphatic carboxylic acids is 2. The van der Waals surface area contributed by atoms with Crippen LogP contribution in [0.15, 0.2) is 40.7 Å². The third-order valence-corrected chi connectivity index (χ3v) is 7.13. The molecule has 0 amide bonds. The molecule has 0 spiro atoms. The molecule has 35 heavy (non-hydrogen) atoms. The van der Waals surface area contributed by atoms with E-state index in [-0.39, 0.29) is 10.8 Å². The summed E-state index contributed by atoms with van der Waals surface area (Å²) in [6.45, 7) is 9.90. The monoisotopic (exact) mass is 487 g/mol. The van der Waals surface area contributed by atoms with Gasteiger partial charge in [-0.3, -0.25) is 0 Å². The van der Waals surface area contributed by atoms with Gasteiger partial charge in [0, 0.05) is 35.9 Å². The van der Waals surface area contributed by atoms with Gasteiger partial charge in [0.15, 0.2) is 0 Å². The molecule has 0 saturated heterocycles. The Hall–Kier alpha value is -3.20. The summed E-state index contributed by atoms with van der Waals surface area (Å²) in [5, 5.41) is 33.3. The van der Waals surface area contributed by atoms with Gasteiger partial charge in [-0.15, -0.1) is 0 Å². The van der Waals surface area contributed by atoms with Crippen molar-refractivity contribution in [2.24, 2.45) is 27.4 Å². The van der Waals surface area contributed by atoms with Crippen molar-refractivity contribution in [3.8, 4) is 0 Å². The summed E-state index contributed by atoms with van der Waals surface area (Å²) in [7, 11) is 0. The number of carboxylic acids is 2. The van der Waals surface area contributed by atoms with Crippen LogP contribution < -0.4 is 5.73 Å². The lowest BCUT2D eigenvalue weighted by molar-refractivity contribution is -0.134. The van der Waals surface area contributed by atoms with Crippen LogP contribution in [-0.4, -0.2) is 52.4 Å². The van der Waals surface area contributed by atoms with Crippen LogP contribution in [0.4, 0.5) is 0 Å². The van der Waals surface area contributed by atoms with Crippen molar-refractivity contribution < 1.29 is 29.8 Å². The zero-order valence-corrected chi connectivity index (χ0v) is 20.9. The standard InChI is InChI=1S/C22H33N3O2.C4H4O4/c1-15(2)16-6-7-18-17(12-16)19(25-26)13-20-21(3,14-24-27-11-10-23)8-5-9-22(18,20)4;5-3(6)1-2-4(7)8/h6-7,12,14-15,20,26H,5,8-11,13,23H2,1-4H3;1-2H,(H,5,6)(H,7,8)/b24-14+,25-19+;2-1+/t20-,21-,22+;/m0./s1. The van der Waals surface area contributed by atoms with E-state index in [1.54, 1.807) is 0 Å². The average Bonchev–Trinajstić information content (AvgIpc) is 2.80. The Morgan fingerprint density at radius 3 is 2.40 bits per heavy atom. The molecule has 2 aliphatic carbocycles. The fourth-order valence-corrected chi connectivity index (χ4v) is 5.31. The Kier molecular flexibility index (Phi) is 9.59. The third-order valence-electron chi connectivity index (χ3n) is 7.13. The van der Waals surface area contributed by atoms with E-state index in [4.69, 9.17) is 20.8 Å². The second kappa shape index (κ2) is 12.0. The molecule has 3 atom stereocenters. The van der Waals surface area contributed by atoms with Crippen molar-refractivity contribution in [3.05, 3.63) is 47.0 Å². The van der Waals surface area contributed by atoms with Crippen LogP contribution in [0, 0.1) is 11.3 Å². The fraction of sp³-hybridized carbons (Fsp3) is 0.538. The summed E-state index contributed by atoms with van der Waals surface area (Å²) in [4.78, 5) is 24.4. The van der Waals surface area contributed by atoms with Crippen LogP contribution >= 0.6 is 0 Å². The van der Waals surface area contributed by atoms with Gasteiger partial charge in [-0.2, -0.15) is 0 Å². The molecule has 0 unspecified atom stereocenters. The van der Waals surface area contributed by atoms with Crippen LogP contribution in [0.25, 0.3) is 0 Å². The summed E-state index contributed by atoms with van der Waals surface area (Å²) in [5.74, 6) is -1.75. The lowest BCUT2D eigenvalue weighted by atomic mass is 9.50. The van der Waals surface area contributed by atoms with Crippen LogP contribution in [0.3, 0.4) is 0 Å². The quantitative estimate of drug-likeness (QED) is 0.148. The van der Waals surface area contributed by atoms with Crippen molar-refractivity contribution in [2.75, 3.05) is 13.2 Å². The van der Waals surface area contributed by atoms with Crippen LogP contribution in [-0.2, 0) is 19.8 Å². The topological polar surface area (TPSA) is 155 Å². The molecule has 3 rings (SSSR count). The van der Waals surface area contributed by atoms with Gasteiger partial charge < -0.3 is 26.0 Å². The first-order chi connectivity index (χ1) is 16.5. The number of benzene rings is 1. The highest BCUT2D eigenvalue weighted by atomic mass is 16.6. The van der Waals surface area contributed by atoms with Crippen LogP contribution in [0.1, 0.15) is 76.0 Å². The molecule has 9 heteroatoms. The first-order valence-electron chi connectivity index (χ1n) is 11.8. The molecule has 1 saturated carbocycles. The summed E-state index contributed by atoms with van der Waals surface area (Å²) in [5.41, 5.74) is 9.91. The third kappa shape index (κ3) is 6.69. The molecule has 0 heterocycles. The molecule has 1 fully saturated rings. The number of nitrogens with zero attached hydrogens (tertiary/aromatic N) is 2. The predicted octanol–water partition coefficient (Wildman–Crippen LogP) is 4.13. The van der Waals surface area contributed by atoms with E-state index in [0.29, 0.717) is 37.1 Å². The fourth-order valence-electron chi connectivity index (χ4n) is 5.31. The van der Waals surface area contributed by atoms with Crippen molar-refractivity contribution in [2.45, 2.75) is 64.7 Å². The van der Waals surface area contributed by atoms with E-state index in [2.05, 4.69) is 56.2 Å². The zero-order chi connectivity index (χ0) is 26.2. The van der Waals surface area contributed by atoms with Gasteiger partial charge in [-0.25, -0.2) is 9.59 Å². The molecule has 0 bridgehead atoms. The molecule has 1 aromatic carbocycles. The second-order valence-electron chi connectivity index (χ2n) is 9.91. The van der Waals surface area contributed by atoms with Crippen LogP contribution in [0.5, 0.6) is 0 Å². The SMILES string of the molecule is CC(C)c1ccc2c(c1)/C(=N/O)C[C@H]1[C@](C)(/C=N/OCCN)CCC[C@]21C.O=C(O)/C=C/C(=O)O. The number of carboxylic acid groups (broad SMARTS) is 2. The van der Waals surface area contributed by atoms with Gasteiger partial charge in [0.25, 0.3) is 0 Å². The van der Waals surface area contributed by atoms with E-state index < -0.39 is 11.9 Å². The Morgan fingerprint density at radius 2 is 1.86 bits per heavy atom. The van der Waals surface area contributed by atoms with E-state index >= 15 is 0 Å². The minimum Gasteiger partial charge on any atom is -0.478 e. The van der Waals surface area contributed by atoms with Crippen molar-refractivity contribution in [1.82, 2.24) is 0 Å². The second-order valence-corrected chi connectivity index (χ2v) is 9.91. The van der Waals surface area contributed by atoms with E-state index in [9.17, 15) is 14.8 Å².